The van der Waals surface area contributed by atoms with Gasteiger partial charge in [0.05, 0.1) is 16.1 Å². The Morgan fingerprint density at radius 1 is 1.12 bits per heavy atom. The van der Waals surface area contributed by atoms with Crippen molar-refractivity contribution in [2.45, 2.75) is 19.0 Å². The summed E-state index contributed by atoms with van der Waals surface area (Å²) >= 11 is 15.3. The minimum absolute atomic E-state index is 0. The molecule has 0 aliphatic carbocycles. The van der Waals surface area contributed by atoms with E-state index < -0.39 is 6.04 Å². The van der Waals surface area contributed by atoms with Crippen LogP contribution in [0.3, 0.4) is 0 Å². The van der Waals surface area contributed by atoms with Crippen LogP contribution < -0.4 is 5.73 Å². The first-order valence-electron chi connectivity index (χ1n) is 7.05. The fourth-order valence-electron chi connectivity index (χ4n) is 2.23. The maximum absolute atomic E-state index is 12.4. The predicted molar refractivity (Wildman–Crippen MR) is 106 cm³/mol. The number of hydrogen-bond acceptors (Lipinski definition) is 2. The molecule has 7 heteroatoms. The zero-order valence-electron chi connectivity index (χ0n) is 13.0. The van der Waals surface area contributed by atoms with E-state index in [1.165, 1.54) is 0 Å². The van der Waals surface area contributed by atoms with Gasteiger partial charge in [0.25, 0.3) is 0 Å². The Labute approximate surface area is 166 Å². The second kappa shape index (κ2) is 9.64. The molecule has 0 aliphatic rings. The summed E-state index contributed by atoms with van der Waals surface area (Å²) < 4.78 is 1.01. The number of nitrogens with two attached hydrogens (primary N) is 1. The number of carbonyl (C=O) groups is 1. The standard InChI is InChI=1S/C17H17BrCl2N2O.ClH/c1-22(10-11-2-5-13(18)6-3-11)17(23)16(21)9-12-4-7-14(19)15(20)8-12;/h2-8,16H,9-10,21H2,1H3;1H/t16-;/m0./s1. The van der Waals surface area contributed by atoms with Crippen LogP contribution in [0.25, 0.3) is 0 Å². The number of hydrogen-bond donors (Lipinski definition) is 1. The van der Waals surface area contributed by atoms with E-state index in [0.29, 0.717) is 23.0 Å². The van der Waals surface area contributed by atoms with E-state index in [2.05, 4.69) is 15.9 Å². The van der Waals surface area contributed by atoms with Gasteiger partial charge in [0, 0.05) is 18.1 Å². The summed E-state index contributed by atoms with van der Waals surface area (Å²) in [6, 6.07) is 12.5. The topological polar surface area (TPSA) is 46.3 Å². The van der Waals surface area contributed by atoms with Gasteiger partial charge in [-0.1, -0.05) is 57.3 Å². The van der Waals surface area contributed by atoms with E-state index in [1.807, 2.05) is 30.3 Å². The molecule has 24 heavy (non-hydrogen) atoms. The Kier molecular flexibility index (Phi) is 8.54. The third-order valence-corrected chi connectivity index (χ3v) is 4.73. The first-order valence-corrected chi connectivity index (χ1v) is 8.60. The molecule has 0 saturated heterocycles. The lowest BCUT2D eigenvalue weighted by Crippen LogP contribution is -2.42. The van der Waals surface area contributed by atoms with Crippen molar-refractivity contribution in [3.05, 3.63) is 68.1 Å². The van der Waals surface area contributed by atoms with Gasteiger partial charge >= 0.3 is 0 Å². The van der Waals surface area contributed by atoms with Gasteiger partial charge < -0.3 is 10.6 Å². The van der Waals surface area contributed by atoms with Crippen LogP contribution in [0.5, 0.6) is 0 Å². The lowest BCUT2D eigenvalue weighted by molar-refractivity contribution is -0.131. The first kappa shape index (κ1) is 21.3. The molecule has 0 saturated carbocycles. The monoisotopic (exact) mass is 450 g/mol. The van der Waals surface area contributed by atoms with Crippen LogP contribution in [-0.2, 0) is 17.8 Å². The Balaban J connectivity index is 0.00000288. The SMILES string of the molecule is CN(Cc1ccc(Br)cc1)C(=O)[C@@H](N)Cc1ccc(Cl)c(Cl)c1.Cl. The van der Waals surface area contributed by atoms with Crippen molar-refractivity contribution < 1.29 is 4.79 Å². The van der Waals surface area contributed by atoms with Crippen molar-refractivity contribution in [1.82, 2.24) is 4.90 Å². The molecule has 2 aromatic rings. The normalized spacial score (nSPS) is 11.5. The molecule has 0 radical (unpaired) electrons. The number of nitrogens with zero attached hydrogens (tertiary/aromatic N) is 1. The summed E-state index contributed by atoms with van der Waals surface area (Å²) in [7, 11) is 1.75. The van der Waals surface area contributed by atoms with Crippen LogP contribution in [0.4, 0.5) is 0 Å². The number of halogens is 4. The molecule has 0 unspecified atom stereocenters. The van der Waals surface area contributed by atoms with Crippen LogP contribution in [0.2, 0.25) is 10.0 Å². The van der Waals surface area contributed by atoms with E-state index in [4.69, 9.17) is 28.9 Å². The van der Waals surface area contributed by atoms with Crippen LogP contribution in [-0.4, -0.2) is 23.9 Å². The fraction of sp³-hybridized carbons (Fsp3) is 0.235. The molecule has 0 spiro atoms. The summed E-state index contributed by atoms with van der Waals surface area (Å²) in [6.45, 7) is 0.515. The highest BCUT2D eigenvalue weighted by molar-refractivity contribution is 9.10. The lowest BCUT2D eigenvalue weighted by atomic mass is 10.1. The largest absolute Gasteiger partial charge is 0.340 e. The summed E-state index contributed by atoms with van der Waals surface area (Å²) in [5.41, 5.74) is 7.97. The molecule has 3 nitrogen and oxygen atoms in total. The molecule has 0 bridgehead atoms. The second-order valence-electron chi connectivity index (χ2n) is 5.38. The van der Waals surface area contributed by atoms with Gasteiger partial charge in [-0.05, 0) is 41.8 Å². The molecule has 0 aromatic heterocycles. The van der Waals surface area contributed by atoms with Crippen LogP contribution in [0.15, 0.2) is 46.9 Å². The predicted octanol–water partition coefficient (Wildman–Crippen LogP) is 4.71. The smallest absolute Gasteiger partial charge is 0.239 e. The Hall–Kier alpha value is -0.780. The molecule has 2 aromatic carbocycles. The fourth-order valence-corrected chi connectivity index (χ4v) is 2.82. The summed E-state index contributed by atoms with van der Waals surface area (Å²) in [5.74, 6) is -0.112. The zero-order chi connectivity index (χ0) is 17.0. The molecule has 2 rings (SSSR count). The molecular weight excluding hydrogens is 434 g/mol. The molecule has 1 atom stereocenters. The number of rotatable bonds is 5. The zero-order valence-corrected chi connectivity index (χ0v) is 16.9. The number of benzene rings is 2. The van der Waals surface area contributed by atoms with Crippen molar-refractivity contribution in [3.63, 3.8) is 0 Å². The van der Waals surface area contributed by atoms with Crippen LogP contribution in [0, 0.1) is 0 Å². The highest BCUT2D eigenvalue weighted by atomic mass is 79.9. The highest BCUT2D eigenvalue weighted by Crippen LogP contribution is 2.23. The van der Waals surface area contributed by atoms with Crippen molar-refractivity contribution in [1.29, 1.82) is 0 Å². The third kappa shape index (κ3) is 5.94. The van der Waals surface area contributed by atoms with E-state index in [-0.39, 0.29) is 18.3 Å². The van der Waals surface area contributed by atoms with Gasteiger partial charge in [0.15, 0.2) is 0 Å². The van der Waals surface area contributed by atoms with E-state index >= 15 is 0 Å². The molecule has 2 N–H and O–H groups in total. The van der Waals surface area contributed by atoms with Crippen molar-refractivity contribution in [2.75, 3.05) is 7.05 Å². The van der Waals surface area contributed by atoms with Crippen molar-refractivity contribution in [3.8, 4) is 0 Å². The maximum atomic E-state index is 12.4. The Bertz CT molecular complexity index is 695. The van der Waals surface area contributed by atoms with Gasteiger partial charge in [0.2, 0.25) is 5.91 Å². The number of amides is 1. The van der Waals surface area contributed by atoms with Gasteiger partial charge in [-0.15, -0.1) is 12.4 Å². The Morgan fingerprint density at radius 2 is 1.71 bits per heavy atom. The Morgan fingerprint density at radius 3 is 2.29 bits per heavy atom. The average molecular weight is 453 g/mol. The minimum Gasteiger partial charge on any atom is -0.340 e. The average Bonchev–Trinajstić information content (AvgIpc) is 2.52. The molecular formula is C17H18BrCl3N2O. The van der Waals surface area contributed by atoms with Gasteiger partial charge in [-0.3, -0.25) is 4.79 Å². The summed E-state index contributed by atoms with van der Waals surface area (Å²) in [6.07, 6.45) is 0.417. The van der Waals surface area contributed by atoms with Gasteiger partial charge in [-0.25, -0.2) is 0 Å². The van der Waals surface area contributed by atoms with E-state index in [0.717, 1.165) is 15.6 Å². The molecule has 130 valence electrons. The quantitative estimate of drug-likeness (QED) is 0.714. The molecule has 0 heterocycles. The van der Waals surface area contributed by atoms with Crippen LogP contribution in [0.1, 0.15) is 11.1 Å². The van der Waals surface area contributed by atoms with Crippen LogP contribution >= 0.6 is 51.5 Å². The maximum Gasteiger partial charge on any atom is 0.239 e. The van der Waals surface area contributed by atoms with Crippen molar-refractivity contribution >= 4 is 57.4 Å². The lowest BCUT2D eigenvalue weighted by Gasteiger charge is -2.21. The van der Waals surface area contributed by atoms with Gasteiger partial charge in [0.1, 0.15) is 0 Å². The minimum atomic E-state index is -0.618. The number of likely N-dealkylation sites (N-methyl/N-ethyl adjacent to an activating group) is 1. The molecule has 0 aliphatic heterocycles. The van der Waals surface area contributed by atoms with E-state index in [9.17, 15) is 4.79 Å². The van der Waals surface area contributed by atoms with Crippen molar-refractivity contribution in [2.24, 2.45) is 5.73 Å². The molecule has 0 fully saturated rings. The van der Waals surface area contributed by atoms with E-state index in [1.54, 1.807) is 24.1 Å². The molecule has 1 amide bonds. The first-order chi connectivity index (χ1) is 10.9. The third-order valence-electron chi connectivity index (χ3n) is 3.47. The number of carbonyl (C=O) groups excluding carboxylic acids is 1. The summed E-state index contributed by atoms with van der Waals surface area (Å²) in [4.78, 5) is 14.0. The highest BCUT2D eigenvalue weighted by Gasteiger charge is 2.19. The summed E-state index contributed by atoms with van der Waals surface area (Å²) in [5, 5.41) is 0.953. The second-order valence-corrected chi connectivity index (χ2v) is 7.11. The van der Waals surface area contributed by atoms with Gasteiger partial charge in [-0.2, -0.15) is 0 Å².